The maximum absolute atomic E-state index is 13.1. The van der Waals surface area contributed by atoms with Crippen molar-refractivity contribution in [3.05, 3.63) is 77.0 Å². The fourth-order valence-electron chi connectivity index (χ4n) is 4.74. The predicted molar refractivity (Wildman–Crippen MR) is 162 cm³/mol. The van der Waals surface area contributed by atoms with Gasteiger partial charge < -0.3 is 26.8 Å². The molecule has 2 aromatic carbocycles. The van der Waals surface area contributed by atoms with Crippen molar-refractivity contribution in [1.82, 2.24) is 10.3 Å². The summed E-state index contributed by atoms with van der Waals surface area (Å²) in [6.45, 7) is 10.3. The van der Waals surface area contributed by atoms with E-state index in [1.165, 1.54) is 11.1 Å². The Bertz CT molecular complexity index is 1300. The maximum atomic E-state index is 13.1. The van der Waals surface area contributed by atoms with Gasteiger partial charge in [0.25, 0.3) is 5.91 Å². The van der Waals surface area contributed by atoms with E-state index in [1.807, 2.05) is 43.1 Å². The average molecular weight is 532 g/mol. The number of nitrogens with two attached hydrogens (primary N) is 1. The van der Waals surface area contributed by atoms with E-state index in [0.29, 0.717) is 31.9 Å². The second kappa shape index (κ2) is 12.9. The Kier molecular flexibility index (Phi) is 9.32. The summed E-state index contributed by atoms with van der Waals surface area (Å²) in [5.41, 5.74) is 12.6. The zero-order valence-corrected chi connectivity index (χ0v) is 23.6. The number of nitrogens with zero attached hydrogens (tertiary/aromatic N) is 2. The molecule has 0 radical (unpaired) electrons. The van der Waals surface area contributed by atoms with Crippen molar-refractivity contribution in [3.8, 4) is 0 Å². The number of nitrogens with one attached hydrogen (secondary N) is 4. The quantitative estimate of drug-likeness (QED) is 0.139. The maximum Gasteiger partial charge on any atom is 0.255 e. The molecule has 1 fully saturated rings. The lowest BCUT2D eigenvalue weighted by molar-refractivity contribution is 0.102. The van der Waals surface area contributed by atoms with Gasteiger partial charge in [0.15, 0.2) is 0 Å². The summed E-state index contributed by atoms with van der Waals surface area (Å²) in [6.07, 6.45) is 3.83. The Balaban J connectivity index is 1.57. The van der Waals surface area contributed by atoms with Crippen molar-refractivity contribution in [2.45, 2.75) is 45.6 Å². The molecule has 9 heteroatoms. The summed E-state index contributed by atoms with van der Waals surface area (Å²) >= 11 is 0. The van der Waals surface area contributed by atoms with E-state index in [0.717, 1.165) is 48.6 Å². The first-order valence-electron chi connectivity index (χ1n) is 13.1. The second-order valence-corrected chi connectivity index (χ2v) is 10.6. The molecule has 1 aliphatic rings. The van der Waals surface area contributed by atoms with Crippen LogP contribution in [0.4, 0.5) is 22.9 Å². The van der Waals surface area contributed by atoms with Crippen LogP contribution in [0.15, 0.2) is 59.7 Å². The number of anilines is 4. The zero-order valence-electron chi connectivity index (χ0n) is 22.6. The number of amidine groups is 1. The molecule has 1 saturated heterocycles. The molecule has 200 valence electrons. The molecule has 4 rings (SSSR count). The third kappa shape index (κ3) is 6.88. The smallest absolute Gasteiger partial charge is 0.255 e. The van der Waals surface area contributed by atoms with E-state index in [-0.39, 0.29) is 11.9 Å². The summed E-state index contributed by atoms with van der Waals surface area (Å²) in [5.74, 6) is 1.41. The number of piperidine rings is 1. The van der Waals surface area contributed by atoms with E-state index >= 15 is 0 Å². The molecule has 38 heavy (non-hydrogen) atoms. The fraction of sp³-hybridized carbons (Fsp3) is 0.345. The van der Waals surface area contributed by atoms with Gasteiger partial charge in [0.05, 0.1) is 17.3 Å². The number of rotatable bonds is 9. The molecule has 1 unspecified atom stereocenters. The minimum Gasteiger partial charge on any atom is -0.383 e. The summed E-state index contributed by atoms with van der Waals surface area (Å²) in [4.78, 5) is 22.4. The van der Waals surface area contributed by atoms with Crippen LogP contribution in [0.1, 0.15) is 59.7 Å². The highest BCUT2D eigenvalue weighted by Crippen LogP contribution is 2.29. The molecule has 1 amide bonds. The van der Waals surface area contributed by atoms with E-state index < -0.39 is 0 Å². The second-order valence-electron chi connectivity index (χ2n) is 9.86. The first-order chi connectivity index (χ1) is 18.4. The van der Waals surface area contributed by atoms with Gasteiger partial charge in [0.2, 0.25) is 0 Å². The molecule has 0 spiro atoms. The van der Waals surface area contributed by atoms with Crippen LogP contribution in [0.2, 0.25) is 0 Å². The molecule has 1 aliphatic heterocycles. The van der Waals surface area contributed by atoms with Crippen molar-refractivity contribution in [3.63, 3.8) is 0 Å². The summed E-state index contributed by atoms with van der Waals surface area (Å²) in [7, 11) is 0.457. The highest BCUT2D eigenvalue weighted by Gasteiger charge is 2.18. The van der Waals surface area contributed by atoms with Crippen LogP contribution >= 0.6 is 8.73 Å². The highest BCUT2D eigenvalue weighted by molar-refractivity contribution is 7.38. The van der Waals surface area contributed by atoms with Crippen molar-refractivity contribution < 1.29 is 4.79 Å². The monoisotopic (exact) mass is 531 g/mol. The third-order valence-electron chi connectivity index (χ3n) is 6.60. The van der Waals surface area contributed by atoms with Crippen molar-refractivity contribution in [2.24, 2.45) is 10.7 Å². The largest absolute Gasteiger partial charge is 0.383 e. The molecule has 0 saturated carbocycles. The van der Waals surface area contributed by atoms with Crippen LogP contribution in [-0.2, 0) is 0 Å². The van der Waals surface area contributed by atoms with Crippen LogP contribution in [0.25, 0.3) is 0 Å². The van der Waals surface area contributed by atoms with Gasteiger partial charge in [-0.1, -0.05) is 26.0 Å². The van der Waals surface area contributed by atoms with Gasteiger partial charge in [-0.3, -0.25) is 9.79 Å². The van der Waals surface area contributed by atoms with E-state index in [2.05, 4.69) is 52.9 Å². The lowest BCUT2D eigenvalue weighted by Crippen LogP contribution is -2.34. The summed E-state index contributed by atoms with van der Waals surface area (Å²) in [6, 6.07) is 15.5. The number of carbonyl (C=O) groups is 1. The van der Waals surface area contributed by atoms with Crippen LogP contribution in [-0.4, -0.2) is 42.5 Å². The molecule has 3 aromatic rings. The van der Waals surface area contributed by atoms with Crippen LogP contribution in [0.3, 0.4) is 0 Å². The minimum absolute atomic E-state index is 0.138. The Hall–Kier alpha value is -3.48. The van der Waals surface area contributed by atoms with E-state index in [4.69, 9.17) is 10.7 Å². The zero-order chi connectivity index (χ0) is 27.1. The molecule has 1 aromatic heterocycles. The van der Waals surface area contributed by atoms with Gasteiger partial charge in [0.1, 0.15) is 11.7 Å². The van der Waals surface area contributed by atoms with Crippen LogP contribution < -0.4 is 26.8 Å². The number of benzene rings is 2. The highest BCUT2D eigenvalue weighted by atomic mass is 31.1. The van der Waals surface area contributed by atoms with Crippen molar-refractivity contribution >= 4 is 43.4 Å². The number of pyridine rings is 1. The van der Waals surface area contributed by atoms with Gasteiger partial charge in [0, 0.05) is 29.7 Å². The minimum atomic E-state index is -0.166. The number of aliphatic imine (C=N–C) groups is 1. The van der Waals surface area contributed by atoms with E-state index in [1.54, 1.807) is 12.3 Å². The van der Waals surface area contributed by atoms with Crippen molar-refractivity contribution in [1.29, 1.82) is 0 Å². The van der Waals surface area contributed by atoms with Crippen LogP contribution in [0.5, 0.6) is 0 Å². The first kappa shape index (κ1) is 27.6. The molecule has 0 bridgehead atoms. The van der Waals surface area contributed by atoms with E-state index in [9.17, 15) is 4.79 Å². The Labute approximate surface area is 227 Å². The summed E-state index contributed by atoms with van der Waals surface area (Å²) < 4.78 is 0. The average Bonchev–Trinajstić information content (AvgIpc) is 2.89. The first-order valence-corrected chi connectivity index (χ1v) is 14.6. The Morgan fingerprint density at radius 3 is 2.74 bits per heavy atom. The number of amides is 1. The van der Waals surface area contributed by atoms with Crippen molar-refractivity contribution in [2.75, 3.05) is 35.5 Å². The van der Waals surface area contributed by atoms with Gasteiger partial charge in [-0.15, -0.1) is 0 Å². The number of aryl methyl sites for hydroxylation is 1. The topological polar surface area (TPSA) is 116 Å². The SMILES string of the molecule is CPNc1nccc(Nc2cccc(C(=O)Nc3ccc(C(C)C)c(C)c3)c2)c1C(N)=N[C@@H]1CCCNC1. The Morgan fingerprint density at radius 2 is 2.03 bits per heavy atom. The van der Waals surface area contributed by atoms with Gasteiger partial charge in [-0.2, -0.15) is 0 Å². The summed E-state index contributed by atoms with van der Waals surface area (Å²) in [5, 5.41) is 13.2. The molecule has 6 N–H and O–H groups in total. The number of hydrogen-bond acceptors (Lipinski definition) is 6. The number of hydrogen-bond donors (Lipinski definition) is 5. The number of carbonyl (C=O) groups excluding carboxylic acids is 1. The lowest BCUT2D eigenvalue weighted by Gasteiger charge is -2.21. The Morgan fingerprint density at radius 1 is 1.18 bits per heavy atom. The normalized spacial score (nSPS) is 16.1. The molecule has 2 heterocycles. The van der Waals surface area contributed by atoms with Gasteiger partial charge in [-0.25, -0.2) is 4.98 Å². The molecular formula is C29H38N7OP. The van der Waals surface area contributed by atoms with Gasteiger partial charge in [-0.05, 0) is 95.1 Å². The lowest BCUT2D eigenvalue weighted by atomic mass is 9.97. The predicted octanol–water partition coefficient (Wildman–Crippen LogP) is 5.60. The molecular weight excluding hydrogens is 493 g/mol. The van der Waals surface area contributed by atoms with Gasteiger partial charge >= 0.3 is 0 Å². The fourth-order valence-corrected chi connectivity index (χ4v) is 5.17. The third-order valence-corrected chi connectivity index (χ3v) is 7.08. The molecule has 8 nitrogen and oxygen atoms in total. The number of aromatic nitrogens is 1. The van der Waals surface area contributed by atoms with Crippen LogP contribution in [0, 0.1) is 6.92 Å². The molecule has 0 aliphatic carbocycles. The molecule has 2 atom stereocenters. The standard InChI is InChI=1S/C29H38N7OP/c1-18(2)24-11-10-22(15-19(24)3)35-29(37)20-7-5-8-21(16-20)33-25-12-14-32-28(36-38-4)26(25)27(30)34-23-9-6-13-31-17-23/h5,7-8,10-12,14-16,18,23,31,38H,6,9,13,17H2,1-4H3,(H2,30,34)(H,35,37)(H2,32,33,36)/t23-/m1/s1.